The molecule has 0 amide bonds. The first-order valence-corrected chi connectivity index (χ1v) is 15.3. The number of benzene rings is 6. The van der Waals surface area contributed by atoms with E-state index in [1.807, 2.05) is 18.3 Å². The third-order valence-corrected chi connectivity index (χ3v) is 9.67. The molecule has 0 saturated heterocycles. The van der Waals surface area contributed by atoms with E-state index in [1.54, 1.807) is 0 Å². The zero-order valence-corrected chi connectivity index (χ0v) is 25.0. The first kappa shape index (κ1) is 25.6. The molecule has 45 heavy (non-hydrogen) atoms. The van der Waals surface area contributed by atoms with Crippen molar-refractivity contribution >= 4 is 49.0 Å². The van der Waals surface area contributed by atoms with E-state index in [-0.39, 0.29) is 5.41 Å². The van der Waals surface area contributed by atoms with Gasteiger partial charge < -0.3 is 0 Å². The fraction of sp³-hybridized carbons (Fsp3) is 0.0714. The van der Waals surface area contributed by atoms with E-state index in [1.165, 1.54) is 44.0 Å². The number of para-hydroxylation sites is 1. The first-order valence-electron chi connectivity index (χ1n) is 15.3. The molecule has 0 spiro atoms. The molecule has 0 radical (unpaired) electrons. The molecule has 1 aliphatic carbocycles. The lowest BCUT2D eigenvalue weighted by Gasteiger charge is -2.22. The van der Waals surface area contributed by atoms with Crippen LogP contribution < -0.4 is 0 Å². The smallest absolute Gasteiger partial charge is 0.187 e. The molecular weight excluding hydrogens is 546 g/mol. The Morgan fingerprint density at radius 3 is 2.24 bits per heavy atom. The van der Waals surface area contributed by atoms with Crippen molar-refractivity contribution in [2.45, 2.75) is 19.3 Å². The Kier molecular flexibility index (Phi) is 5.31. The minimum absolute atomic E-state index is 0.188. The lowest BCUT2D eigenvalue weighted by molar-refractivity contribution is 0.661. The number of aromatic nitrogens is 2. The molecular formula is C42H27N3. The highest BCUT2D eigenvalue weighted by molar-refractivity contribution is 6.28. The second-order valence-electron chi connectivity index (χ2n) is 12.5. The van der Waals surface area contributed by atoms with Gasteiger partial charge in [0.05, 0.1) is 23.3 Å². The zero-order valence-electron chi connectivity index (χ0n) is 25.0. The standard InChI is InChI=1S/C42H27N3/c1-42(2)35-23-28(16-18-31(35)32-20-17-30(43-3)24-36(32)42)27-8-6-9-29(22-27)40-34-19-15-25-13-14-26-10-7-21-44-41(26)38(25)39(34)33-11-4-5-12-37(33)45-40/h4-24H,1-2H3. The van der Waals surface area contributed by atoms with Crippen molar-refractivity contribution in [2.24, 2.45) is 0 Å². The average molecular weight is 574 g/mol. The Balaban J connectivity index is 1.26. The number of hydrogen-bond acceptors (Lipinski definition) is 2. The van der Waals surface area contributed by atoms with Gasteiger partial charge in [0.1, 0.15) is 0 Å². The van der Waals surface area contributed by atoms with E-state index in [4.69, 9.17) is 16.5 Å². The second kappa shape index (κ2) is 9.32. The summed E-state index contributed by atoms with van der Waals surface area (Å²) in [4.78, 5) is 13.8. The lowest BCUT2D eigenvalue weighted by atomic mass is 9.81. The Morgan fingerprint density at radius 2 is 1.36 bits per heavy atom. The van der Waals surface area contributed by atoms with E-state index in [0.717, 1.165) is 44.0 Å². The third-order valence-electron chi connectivity index (χ3n) is 9.67. The largest absolute Gasteiger partial charge is 0.256 e. The normalized spacial score (nSPS) is 13.3. The van der Waals surface area contributed by atoms with Crippen LogP contribution in [0.3, 0.4) is 0 Å². The summed E-state index contributed by atoms with van der Waals surface area (Å²) in [5, 5.41) is 6.93. The van der Waals surface area contributed by atoms with E-state index in [9.17, 15) is 0 Å². The molecule has 0 fully saturated rings. The van der Waals surface area contributed by atoms with Crippen LogP contribution in [0, 0.1) is 6.57 Å². The highest BCUT2D eigenvalue weighted by Crippen LogP contribution is 2.51. The van der Waals surface area contributed by atoms with Gasteiger partial charge >= 0.3 is 0 Å². The van der Waals surface area contributed by atoms with Gasteiger partial charge in [-0.1, -0.05) is 111 Å². The predicted octanol–water partition coefficient (Wildman–Crippen LogP) is 11.3. The first-order chi connectivity index (χ1) is 22.0. The van der Waals surface area contributed by atoms with Crippen LogP contribution in [-0.2, 0) is 5.41 Å². The lowest BCUT2D eigenvalue weighted by Crippen LogP contribution is -2.14. The maximum Gasteiger partial charge on any atom is 0.187 e. The summed E-state index contributed by atoms with van der Waals surface area (Å²) in [6.07, 6.45) is 1.88. The van der Waals surface area contributed by atoms with Gasteiger partial charge in [0, 0.05) is 44.1 Å². The molecule has 3 heteroatoms. The average Bonchev–Trinajstić information content (AvgIpc) is 3.32. The van der Waals surface area contributed by atoms with Crippen LogP contribution in [0.25, 0.3) is 81.7 Å². The molecule has 0 N–H and O–H groups in total. The molecule has 210 valence electrons. The van der Waals surface area contributed by atoms with Gasteiger partial charge in [0.25, 0.3) is 0 Å². The molecule has 0 atom stereocenters. The van der Waals surface area contributed by atoms with Crippen LogP contribution in [0.2, 0.25) is 0 Å². The number of nitrogens with zero attached hydrogens (tertiary/aromatic N) is 3. The van der Waals surface area contributed by atoms with Gasteiger partial charge in [-0.2, -0.15) is 0 Å². The Morgan fingerprint density at radius 1 is 0.600 bits per heavy atom. The van der Waals surface area contributed by atoms with Crippen molar-refractivity contribution in [1.82, 2.24) is 9.97 Å². The minimum atomic E-state index is -0.188. The summed E-state index contributed by atoms with van der Waals surface area (Å²) < 4.78 is 0. The van der Waals surface area contributed by atoms with Crippen molar-refractivity contribution in [1.29, 1.82) is 0 Å². The molecule has 9 rings (SSSR count). The molecule has 6 aromatic carbocycles. The Labute approximate surface area is 261 Å². The van der Waals surface area contributed by atoms with Crippen LogP contribution in [0.15, 0.2) is 128 Å². The molecule has 1 aliphatic rings. The van der Waals surface area contributed by atoms with Crippen LogP contribution in [0.5, 0.6) is 0 Å². The van der Waals surface area contributed by atoms with Gasteiger partial charge in [-0.25, -0.2) is 9.83 Å². The summed E-state index contributed by atoms with van der Waals surface area (Å²) in [5.74, 6) is 0. The van der Waals surface area contributed by atoms with E-state index < -0.39 is 0 Å². The number of fused-ring (bicyclic) bond motifs is 10. The fourth-order valence-electron chi connectivity index (χ4n) is 7.43. The molecule has 2 heterocycles. The van der Waals surface area contributed by atoms with Crippen molar-refractivity contribution in [2.75, 3.05) is 0 Å². The highest BCUT2D eigenvalue weighted by Gasteiger charge is 2.35. The third kappa shape index (κ3) is 3.70. The monoisotopic (exact) mass is 573 g/mol. The fourth-order valence-corrected chi connectivity index (χ4v) is 7.43. The Hall–Kier alpha value is -5.85. The predicted molar refractivity (Wildman–Crippen MR) is 187 cm³/mol. The molecule has 0 saturated carbocycles. The van der Waals surface area contributed by atoms with Crippen molar-refractivity contribution < 1.29 is 0 Å². The summed E-state index contributed by atoms with van der Waals surface area (Å²) >= 11 is 0. The van der Waals surface area contributed by atoms with Gasteiger partial charge in [0.2, 0.25) is 0 Å². The van der Waals surface area contributed by atoms with Crippen molar-refractivity contribution in [3.05, 3.63) is 150 Å². The summed E-state index contributed by atoms with van der Waals surface area (Å²) in [6.45, 7) is 12.0. The van der Waals surface area contributed by atoms with E-state index >= 15 is 0 Å². The quantitative estimate of drug-likeness (QED) is 0.152. The van der Waals surface area contributed by atoms with Crippen molar-refractivity contribution in [3.8, 4) is 33.5 Å². The number of rotatable bonds is 2. The topological polar surface area (TPSA) is 30.1 Å². The van der Waals surface area contributed by atoms with Gasteiger partial charge in [-0.3, -0.25) is 4.98 Å². The van der Waals surface area contributed by atoms with Crippen molar-refractivity contribution in [3.63, 3.8) is 0 Å². The minimum Gasteiger partial charge on any atom is -0.256 e. The van der Waals surface area contributed by atoms with Gasteiger partial charge in [0.15, 0.2) is 5.69 Å². The van der Waals surface area contributed by atoms with E-state index in [2.05, 4.69) is 128 Å². The summed E-state index contributed by atoms with van der Waals surface area (Å²) in [5.41, 5.74) is 11.9. The Bertz CT molecular complexity index is 2590. The molecule has 0 bridgehead atoms. The van der Waals surface area contributed by atoms with Gasteiger partial charge in [-0.05, 0) is 63.0 Å². The molecule has 3 nitrogen and oxygen atoms in total. The maximum absolute atomic E-state index is 7.52. The van der Waals surface area contributed by atoms with Crippen LogP contribution in [-0.4, -0.2) is 9.97 Å². The summed E-state index contributed by atoms with van der Waals surface area (Å²) in [6, 6.07) is 43.0. The second-order valence-corrected chi connectivity index (χ2v) is 12.5. The molecule has 8 aromatic rings. The highest BCUT2D eigenvalue weighted by atomic mass is 14.7. The van der Waals surface area contributed by atoms with Crippen LogP contribution in [0.4, 0.5) is 5.69 Å². The molecule has 2 aromatic heterocycles. The van der Waals surface area contributed by atoms with E-state index in [0.29, 0.717) is 5.69 Å². The number of pyridine rings is 2. The zero-order chi connectivity index (χ0) is 30.3. The summed E-state index contributed by atoms with van der Waals surface area (Å²) in [7, 11) is 0. The molecule has 0 aliphatic heterocycles. The van der Waals surface area contributed by atoms with Gasteiger partial charge in [-0.15, -0.1) is 0 Å². The number of hydrogen-bond donors (Lipinski definition) is 0. The van der Waals surface area contributed by atoms with Crippen LogP contribution >= 0.6 is 0 Å². The molecule has 0 unspecified atom stereocenters. The SMILES string of the molecule is [C-]#[N+]c1ccc2c(c1)C(C)(C)c1cc(-c3cccc(-c4nc5ccccc5c5c4ccc4ccc6cccnc6c45)c3)ccc1-2. The van der Waals surface area contributed by atoms with Crippen LogP contribution in [0.1, 0.15) is 25.0 Å². The maximum atomic E-state index is 7.52.